The second-order valence-electron chi connectivity index (χ2n) is 9.68. The molecular formula is C27H34N8O2. The van der Waals surface area contributed by atoms with E-state index in [1.54, 1.807) is 6.20 Å². The monoisotopic (exact) mass is 502 g/mol. The number of hydrogen-bond donors (Lipinski definition) is 2. The zero-order valence-electron chi connectivity index (χ0n) is 21.6. The van der Waals surface area contributed by atoms with Crippen molar-refractivity contribution in [3.63, 3.8) is 0 Å². The van der Waals surface area contributed by atoms with Crippen LogP contribution in [0.15, 0.2) is 42.9 Å². The van der Waals surface area contributed by atoms with Crippen molar-refractivity contribution in [2.45, 2.75) is 25.8 Å². The van der Waals surface area contributed by atoms with E-state index in [1.165, 1.54) is 16.5 Å². The molecule has 0 spiro atoms. The van der Waals surface area contributed by atoms with Crippen molar-refractivity contribution in [2.24, 2.45) is 11.8 Å². The fourth-order valence-electron chi connectivity index (χ4n) is 4.92. The van der Waals surface area contributed by atoms with Gasteiger partial charge in [0, 0.05) is 38.1 Å². The fourth-order valence-corrected chi connectivity index (χ4v) is 4.92. The van der Waals surface area contributed by atoms with Gasteiger partial charge in [0.15, 0.2) is 5.65 Å². The van der Waals surface area contributed by atoms with E-state index in [-0.39, 0.29) is 12.1 Å². The Bertz CT molecular complexity index is 1270. The van der Waals surface area contributed by atoms with Crippen LogP contribution in [0.3, 0.4) is 0 Å². The van der Waals surface area contributed by atoms with Crippen LogP contribution < -0.4 is 15.5 Å². The molecule has 0 saturated carbocycles. The highest BCUT2D eigenvalue weighted by Crippen LogP contribution is 2.29. The largest absolute Gasteiger partial charge is 0.354 e. The van der Waals surface area contributed by atoms with E-state index in [0.717, 1.165) is 50.0 Å². The van der Waals surface area contributed by atoms with Crippen molar-refractivity contribution in [1.82, 2.24) is 24.8 Å². The Hall–Kier alpha value is -3.81. The minimum atomic E-state index is -0.623. The normalized spacial score (nSPS) is 18.8. The molecule has 2 aromatic heterocycles. The molecule has 1 aromatic carbocycles. The number of amides is 1. The summed E-state index contributed by atoms with van der Waals surface area (Å²) in [7, 11) is 3.93. The van der Waals surface area contributed by atoms with Gasteiger partial charge in [0.2, 0.25) is 0 Å². The van der Waals surface area contributed by atoms with Crippen LogP contribution in [0.5, 0.6) is 0 Å². The summed E-state index contributed by atoms with van der Waals surface area (Å²) in [6.45, 7) is 5.11. The van der Waals surface area contributed by atoms with E-state index in [0.29, 0.717) is 23.8 Å². The highest BCUT2D eigenvalue weighted by molar-refractivity contribution is 5.99. The lowest BCUT2D eigenvalue weighted by Gasteiger charge is -2.42. The molecule has 4 rings (SSSR count). The van der Waals surface area contributed by atoms with Crippen LogP contribution >= 0.6 is 0 Å². The molecule has 37 heavy (non-hydrogen) atoms. The standard InChI is InChI=1S/C27H34N8O2/c1-19-9-12-34(15-21(14-28)17-36)16-24(19)33(3)25-23-10-13-35(26(23)31-18-30-25)27(37)32-22-6-4-20(5-7-22)8-11-29-2/h4-7,10,13,17-19,21,24,29H,8-9,11-12,15-16H2,1-3H3,(H,32,37)/t19-,21?,24+/m1/s1. The van der Waals surface area contributed by atoms with Gasteiger partial charge < -0.3 is 20.3 Å². The SMILES string of the molecule is CNCCc1ccc(NC(=O)n2ccc3c(N(C)[C@H]4CN(CC(C#N)C=O)CC[C@H]4C)ncnc32)cc1. The van der Waals surface area contributed by atoms with E-state index in [4.69, 9.17) is 0 Å². The predicted octanol–water partition coefficient (Wildman–Crippen LogP) is 2.76. The average molecular weight is 503 g/mol. The second-order valence-corrected chi connectivity index (χ2v) is 9.68. The first-order valence-corrected chi connectivity index (χ1v) is 12.6. The molecule has 1 amide bonds. The summed E-state index contributed by atoms with van der Waals surface area (Å²) in [5, 5.41) is 16.1. The maximum atomic E-state index is 13.1. The molecule has 194 valence electrons. The highest BCUT2D eigenvalue weighted by Gasteiger charge is 2.32. The summed E-state index contributed by atoms with van der Waals surface area (Å²) >= 11 is 0. The van der Waals surface area contributed by atoms with E-state index < -0.39 is 5.92 Å². The maximum Gasteiger partial charge on any atom is 0.331 e. The van der Waals surface area contributed by atoms with Crippen LogP contribution in [0.4, 0.5) is 16.3 Å². The number of fused-ring (bicyclic) bond motifs is 1. The lowest BCUT2D eigenvalue weighted by molar-refractivity contribution is -0.110. The molecule has 1 unspecified atom stereocenters. The van der Waals surface area contributed by atoms with Crippen LogP contribution in [0.1, 0.15) is 18.9 Å². The number of likely N-dealkylation sites (N-methyl/N-ethyl adjacent to an activating group) is 2. The molecule has 0 radical (unpaired) electrons. The summed E-state index contributed by atoms with van der Waals surface area (Å²) < 4.78 is 1.50. The minimum Gasteiger partial charge on any atom is -0.354 e. The number of aromatic nitrogens is 3. The molecule has 3 aromatic rings. The number of piperidine rings is 1. The smallest absolute Gasteiger partial charge is 0.331 e. The Balaban J connectivity index is 1.51. The predicted molar refractivity (Wildman–Crippen MR) is 144 cm³/mol. The van der Waals surface area contributed by atoms with Gasteiger partial charge in [-0.25, -0.2) is 14.8 Å². The molecule has 0 bridgehead atoms. The Morgan fingerprint density at radius 3 is 2.78 bits per heavy atom. The Kier molecular flexibility index (Phi) is 8.48. The number of nitriles is 1. The number of benzene rings is 1. The van der Waals surface area contributed by atoms with Gasteiger partial charge >= 0.3 is 6.03 Å². The quantitative estimate of drug-likeness (QED) is 0.429. The van der Waals surface area contributed by atoms with Crippen LogP contribution in [-0.4, -0.2) is 78.1 Å². The van der Waals surface area contributed by atoms with Crippen LogP contribution in [-0.2, 0) is 11.2 Å². The summed E-state index contributed by atoms with van der Waals surface area (Å²) in [5.41, 5.74) is 2.45. The van der Waals surface area contributed by atoms with Crippen LogP contribution in [0.2, 0.25) is 0 Å². The van der Waals surface area contributed by atoms with Crippen LogP contribution in [0.25, 0.3) is 11.0 Å². The molecule has 0 aliphatic carbocycles. The lowest BCUT2D eigenvalue weighted by Crippen LogP contribution is -2.52. The van der Waals surface area contributed by atoms with E-state index >= 15 is 0 Å². The lowest BCUT2D eigenvalue weighted by atomic mass is 9.91. The Morgan fingerprint density at radius 1 is 1.30 bits per heavy atom. The summed E-state index contributed by atoms with van der Waals surface area (Å²) in [6.07, 6.45) is 5.80. The van der Waals surface area contributed by atoms with Crippen molar-refractivity contribution >= 4 is 34.9 Å². The van der Waals surface area contributed by atoms with Crippen LogP contribution in [0, 0.1) is 23.2 Å². The van der Waals surface area contributed by atoms with Gasteiger partial charge in [-0.1, -0.05) is 19.1 Å². The zero-order valence-corrected chi connectivity index (χ0v) is 21.6. The van der Waals surface area contributed by atoms with Gasteiger partial charge in [-0.3, -0.25) is 9.47 Å². The van der Waals surface area contributed by atoms with E-state index in [2.05, 4.69) is 43.4 Å². The Labute approximate surface area is 217 Å². The summed E-state index contributed by atoms with van der Waals surface area (Å²) in [6, 6.07) is 11.6. The first-order chi connectivity index (χ1) is 17.9. The molecule has 3 heterocycles. The number of nitrogens with zero attached hydrogens (tertiary/aromatic N) is 6. The molecule has 1 aliphatic heterocycles. The fraction of sp³-hybridized carbons (Fsp3) is 0.444. The van der Waals surface area contributed by atoms with E-state index in [1.807, 2.05) is 44.4 Å². The number of carbonyl (C=O) groups is 2. The molecule has 1 aliphatic rings. The van der Waals surface area contributed by atoms with Gasteiger partial charge in [-0.05, 0) is 62.7 Å². The first-order valence-electron chi connectivity index (χ1n) is 12.6. The molecule has 10 nitrogen and oxygen atoms in total. The molecular weight excluding hydrogens is 468 g/mol. The number of nitrogens with one attached hydrogen (secondary N) is 2. The number of aldehydes is 1. The van der Waals surface area contributed by atoms with Gasteiger partial charge in [-0.15, -0.1) is 0 Å². The first kappa shape index (κ1) is 26.3. The third-order valence-corrected chi connectivity index (χ3v) is 7.17. The molecule has 1 fully saturated rings. The van der Waals surface area contributed by atoms with Crippen molar-refractivity contribution in [3.8, 4) is 6.07 Å². The molecule has 3 atom stereocenters. The van der Waals surface area contributed by atoms with Crippen molar-refractivity contribution in [1.29, 1.82) is 5.26 Å². The number of rotatable bonds is 9. The highest BCUT2D eigenvalue weighted by atomic mass is 16.2. The van der Waals surface area contributed by atoms with Gasteiger partial charge in [-0.2, -0.15) is 5.26 Å². The third kappa shape index (κ3) is 5.96. The molecule has 2 N–H and O–H groups in total. The van der Waals surface area contributed by atoms with Crippen molar-refractivity contribution in [2.75, 3.05) is 50.5 Å². The zero-order chi connectivity index (χ0) is 26.4. The Morgan fingerprint density at radius 2 is 2.08 bits per heavy atom. The van der Waals surface area contributed by atoms with Crippen molar-refractivity contribution < 1.29 is 9.59 Å². The number of likely N-dealkylation sites (tertiary alicyclic amines) is 1. The third-order valence-electron chi connectivity index (χ3n) is 7.17. The average Bonchev–Trinajstić information content (AvgIpc) is 3.36. The minimum absolute atomic E-state index is 0.136. The van der Waals surface area contributed by atoms with Gasteiger partial charge in [0.05, 0.1) is 11.5 Å². The molecule has 10 heteroatoms. The molecule has 1 saturated heterocycles. The number of carbonyl (C=O) groups excluding carboxylic acids is 2. The number of hydrogen-bond acceptors (Lipinski definition) is 8. The van der Waals surface area contributed by atoms with E-state index in [9.17, 15) is 14.9 Å². The maximum absolute atomic E-state index is 13.1. The van der Waals surface area contributed by atoms with Gasteiger partial charge in [0.25, 0.3) is 0 Å². The number of anilines is 2. The summed E-state index contributed by atoms with van der Waals surface area (Å²) in [4.78, 5) is 37.5. The summed E-state index contributed by atoms with van der Waals surface area (Å²) in [5.74, 6) is 0.517. The topological polar surface area (TPSA) is 119 Å². The van der Waals surface area contributed by atoms with Crippen molar-refractivity contribution in [3.05, 3.63) is 48.4 Å². The second kappa shape index (κ2) is 12.0. The van der Waals surface area contributed by atoms with Gasteiger partial charge in [0.1, 0.15) is 24.3 Å².